The Balaban J connectivity index is 1.52. The number of hydrogen-bond acceptors (Lipinski definition) is 5. The number of nitrogens with one attached hydrogen (secondary N) is 1. The van der Waals surface area contributed by atoms with E-state index in [4.69, 9.17) is 9.47 Å². The van der Waals surface area contributed by atoms with E-state index in [1.54, 1.807) is 19.1 Å². The number of hydrogen-bond donors (Lipinski definition) is 1. The summed E-state index contributed by atoms with van der Waals surface area (Å²) in [5.41, 5.74) is 2.24. The van der Waals surface area contributed by atoms with Gasteiger partial charge in [0.1, 0.15) is 10.6 Å². The van der Waals surface area contributed by atoms with Crippen LogP contribution >= 0.6 is 0 Å². The third-order valence-electron chi connectivity index (χ3n) is 6.34. The highest BCUT2D eigenvalue weighted by atomic mass is 32.2. The second-order valence-electron chi connectivity index (χ2n) is 8.52. The molecule has 1 N–H and O–H groups in total. The molecule has 0 atom stereocenters. The van der Waals surface area contributed by atoms with Gasteiger partial charge in [0.15, 0.2) is 0 Å². The molecule has 8 heteroatoms. The van der Waals surface area contributed by atoms with Crippen LogP contribution in [-0.2, 0) is 14.8 Å². The van der Waals surface area contributed by atoms with Gasteiger partial charge in [-0.1, -0.05) is 31.4 Å². The highest BCUT2D eigenvalue weighted by Crippen LogP contribution is 2.33. The molecular formula is C25H32N2O5S. The fourth-order valence-corrected chi connectivity index (χ4v) is 6.10. The summed E-state index contributed by atoms with van der Waals surface area (Å²) in [7, 11) is -3.78. The topological polar surface area (TPSA) is 84.9 Å². The summed E-state index contributed by atoms with van der Waals surface area (Å²) < 4.78 is 38.8. The van der Waals surface area contributed by atoms with Crippen molar-refractivity contribution in [1.82, 2.24) is 4.31 Å². The Labute approximate surface area is 196 Å². The van der Waals surface area contributed by atoms with Gasteiger partial charge in [0.2, 0.25) is 10.0 Å². The van der Waals surface area contributed by atoms with Crippen LogP contribution in [-0.4, -0.2) is 51.5 Å². The molecule has 2 aromatic carbocycles. The van der Waals surface area contributed by atoms with Crippen molar-refractivity contribution in [1.29, 1.82) is 0 Å². The molecular weight excluding hydrogens is 440 g/mol. The van der Waals surface area contributed by atoms with Gasteiger partial charge >= 0.3 is 0 Å². The fraction of sp³-hybridized carbons (Fsp3) is 0.480. The van der Waals surface area contributed by atoms with Crippen molar-refractivity contribution in [2.24, 2.45) is 0 Å². The molecule has 0 unspecified atom stereocenters. The Hall–Kier alpha value is -2.42. The fourth-order valence-electron chi connectivity index (χ4n) is 4.53. The van der Waals surface area contributed by atoms with Crippen molar-refractivity contribution in [3.63, 3.8) is 0 Å². The van der Waals surface area contributed by atoms with Gasteiger partial charge in [0.25, 0.3) is 5.91 Å². The van der Waals surface area contributed by atoms with Gasteiger partial charge < -0.3 is 14.8 Å². The monoisotopic (exact) mass is 472 g/mol. The lowest BCUT2D eigenvalue weighted by atomic mass is 9.84. The average Bonchev–Trinajstić information content (AvgIpc) is 2.86. The summed E-state index contributed by atoms with van der Waals surface area (Å²) >= 11 is 0. The SMILES string of the molecule is CCOc1ccc(NC(=O)c2ccc(C3CCCCC3)cc2)cc1S(=O)(=O)N1CCOCC1. The number of ether oxygens (including phenoxy) is 2. The van der Waals surface area contributed by atoms with Crippen LogP contribution < -0.4 is 10.1 Å². The van der Waals surface area contributed by atoms with Crippen molar-refractivity contribution >= 4 is 21.6 Å². The van der Waals surface area contributed by atoms with Crippen LogP contribution in [0.25, 0.3) is 0 Å². The van der Waals surface area contributed by atoms with Crippen LogP contribution in [0.2, 0.25) is 0 Å². The van der Waals surface area contributed by atoms with E-state index < -0.39 is 10.0 Å². The lowest BCUT2D eigenvalue weighted by Gasteiger charge is -2.27. The summed E-state index contributed by atoms with van der Waals surface area (Å²) in [6.07, 6.45) is 6.25. The zero-order valence-electron chi connectivity index (χ0n) is 19.1. The molecule has 1 aliphatic heterocycles. The van der Waals surface area contributed by atoms with Crippen molar-refractivity contribution < 1.29 is 22.7 Å². The maximum atomic E-state index is 13.3. The first-order chi connectivity index (χ1) is 16.0. The zero-order valence-corrected chi connectivity index (χ0v) is 19.9. The van der Waals surface area contributed by atoms with Gasteiger partial charge in [0, 0.05) is 24.3 Å². The van der Waals surface area contributed by atoms with E-state index >= 15 is 0 Å². The lowest BCUT2D eigenvalue weighted by molar-refractivity contribution is 0.0729. The van der Waals surface area contributed by atoms with E-state index in [9.17, 15) is 13.2 Å². The van der Waals surface area contributed by atoms with Crippen LogP contribution in [0.1, 0.15) is 60.9 Å². The minimum Gasteiger partial charge on any atom is -0.492 e. The number of carbonyl (C=O) groups is 1. The van der Waals surface area contributed by atoms with Crippen molar-refractivity contribution in [2.75, 3.05) is 38.2 Å². The van der Waals surface area contributed by atoms with Gasteiger partial charge in [-0.15, -0.1) is 0 Å². The van der Waals surface area contributed by atoms with E-state index in [0.29, 0.717) is 37.0 Å². The standard InChI is InChI=1S/C25H32N2O5S/c1-2-32-23-13-12-22(18-24(23)33(29,30)27-14-16-31-17-15-27)26-25(28)21-10-8-20(9-11-21)19-6-4-3-5-7-19/h8-13,18-19H,2-7,14-17H2,1H3,(H,26,28). The summed E-state index contributed by atoms with van der Waals surface area (Å²) in [6.45, 7) is 3.44. The maximum absolute atomic E-state index is 13.3. The first-order valence-electron chi connectivity index (χ1n) is 11.7. The molecule has 1 saturated heterocycles. The number of benzene rings is 2. The zero-order chi connectivity index (χ0) is 23.3. The van der Waals surface area contributed by atoms with E-state index in [2.05, 4.69) is 5.32 Å². The van der Waals surface area contributed by atoms with Crippen LogP contribution in [0.4, 0.5) is 5.69 Å². The highest BCUT2D eigenvalue weighted by molar-refractivity contribution is 7.89. The van der Waals surface area contributed by atoms with Crippen molar-refractivity contribution in [3.05, 3.63) is 53.6 Å². The maximum Gasteiger partial charge on any atom is 0.255 e. The van der Waals surface area contributed by atoms with Gasteiger partial charge in [-0.3, -0.25) is 4.79 Å². The summed E-state index contributed by atoms with van der Waals surface area (Å²) in [5.74, 6) is 0.581. The molecule has 33 heavy (non-hydrogen) atoms. The Morgan fingerprint density at radius 3 is 2.42 bits per heavy atom. The van der Waals surface area contributed by atoms with Crippen LogP contribution in [0.15, 0.2) is 47.4 Å². The van der Waals surface area contributed by atoms with Gasteiger partial charge in [-0.05, 0) is 61.6 Å². The lowest BCUT2D eigenvalue weighted by Crippen LogP contribution is -2.40. The number of sulfonamides is 1. The second kappa shape index (κ2) is 10.7. The number of nitrogens with zero attached hydrogens (tertiary/aromatic N) is 1. The Morgan fingerprint density at radius 2 is 1.76 bits per heavy atom. The normalized spacial score (nSPS) is 18.1. The molecule has 0 bridgehead atoms. The second-order valence-corrected chi connectivity index (χ2v) is 10.4. The summed E-state index contributed by atoms with van der Waals surface area (Å²) in [6, 6.07) is 12.5. The number of anilines is 1. The molecule has 0 radical (unpaired) electrons. The van der Waals surface area contributed by atoms with E-state index in [1.807, 2.05) is 24.3 Å². The van der Waals surface area contributed by atoms with Gasteiger partial charge in [-0.2, -0.15) is 4.31 Å². The minimum atomic E-state index is -3.78. The van der Waals surface area contributed by atoms with Gasteiger partial charge in [0.05, 0.1) is 19.8 Å². The minimum absolute atomic E-state index is 0.0525. The third-order valence-corrected chi connectivity index (χ3v) is 8.26. The molecule has 0 spiro atoms. The number of carbonyl (C=O) groups excluding carboxylic acids is 1. The van der Waals surface area contributed by atoms with Crippen LogP contribution in [0.3, 0.4) is 0 Å². The molecule has 1 saturated carbocycles. The number of amides is 1. The molecule has 4 rings (SSSR count). The van der Waals surface area contributed by atoms with Crippen molar-refractivity contribution in [3.8, 4) is 5.75 Å². The average molecular weight is 473 g/mol. The molecule has 2 aromatic rings. The predicted octanol–water partition coefficient (Wildman–Crippen LogP) is 4.41. The molecule has 1 heterocycles. The van der Waals surface area contributed by atoms with Gasteiger partial charge in [-0.25, -0.2) is 8.42 Å². The number of morpholine rings is 1. The highest BCUT2D eigenvalue weighted by Gasteiger charge is 2.30. The van der Waals surface area contributed by atoms with E-state index in [-0.39, 0.29) is 29.6 Å². The Morgan fingerprint density at radius 1 is 1.06 bits per heavy atom. The molecule has 2 aliphatic rings. The Bertz CT molecular complexity index is 1060. The van der Waals surface area contributed by atoms with E-state index in [0.717, 1.165) is 0 Å². The van der Waals surface area contributed by atoms with Crippen LogP contribution in [0.5, 0.6) is 5.75 Å². The Kier molecular flexibility index (Phi) is 7.67. The molecule has 1 amide bonds. The quantitative estimate of drug-likeness (QED) is 0.645. The summed E-state index contributed by atoms with van der Waals surface area (Å²) in [4.78, 5) is 12.9. The molecule has 1 aliphatic carbocycles. The first-order valence-corrected chi connectivity index (χ1v) is 13.2. The third kappa shape index (κ3) is 5.57. The predicted molar refractivity (Wildman–Crippen MR) is 127 cm³/mol. The molecule has 2 fully saturated rings. The molecule has 0 aromatic heterocycles. The number of rotatable bonds is 7. The van der Waals surface area contributed by atoms with Crippen molar-refractivity contribution in [2.45, 2.75) is 49.8 Å². The summed E-state index contributed by atoms with van der Waals surface area (Å²) in [5, 5.41) is 2.84. The first kappa shape index (κ1) is 23.7. The molecule has 7 nitrogen and oxygen atoms in total. The largest absolute Gasteiger partial charge is 0.492 e. The van der Waals surface area contributed by atoms with Crippen LogP contribution in [0, 0.1) is 0 Å². The van der Waals surface area contributed by atoms with E-state index in [1.165, 1.54) is 48.0 Å². The molecule has 178 valence electrons. The smallest absolute Gasteiger partial charge is 0.255 e.